The molecule has 0 amide bonds. The van der Waals surface area contributed by atoms with Crippen LogP contribution >= 0.6 is 0 Å². The smallest absolute Gasteiger partial charge is 0.311 e. The van der Waals surface area contributed by atoms with Crippen LogP contribution in [-0.4, -0.2) is 27.1 Å². The van der Waals surface area contributed by atoms with Crippen LogP contribution in [0.3, 0.4) is 0 Å². The number of hydrogen-bond donors (Lipinski definition) is 3. The van der Waals surface area contributed by atoms with Crippen molar-refractivity contribution >= 4 is 11.9 Å². The standard InChI is InChI=1S/C10H13NO4/c1-5-3-7(6(2)11-5)8(10(14)15)4-9(12)13/h3,8,11H,4H2,1-2H3,(H,12,13)(H,14,15). The van der Waals surface area contributed by atoms with Crippen LogP contribution in [0.25, 0.3) is 0 Å². The van der Waals surface area contributed by atoms with Crippen molar-refractivity contribution in [1.29, 1.82) is 0 Å². The molecule has 1 heterocycles. The van der Waals surface area contributed by atoms with E-state index in [4.69, 9.17) is 10.2 Å². The first kappa shape index (κ1) is 11.3. The molecule has 0 spiro atoms. The fraction of sp³-hybridized carbons (Fsp3) is 0.400. The summed E-state index contributed by atoms with van der Waals surface area (Å²) in [6.07, 6.45) is -0.395. The maximum Gasteiger partial charge on any atom is 0.311 e. The van der Waals surface area contributed by atoms with Gasteiger partial charge < -0.3 is 15.2 Å². The van der Waals surface area contributed by atoms with E-state index in [1.165, 1.54) is 0 Å². The van der Waals surface area contributed by atoms with Crippen LogP contribution in [0.1, 0.15) is 29.3 Å². The zero-order chi connectivity index (χ0) is 11.6. The molecule has 0 aliphatic rings. The van der Waals surface area contributed by atoms with Crippen LogP contribution in [0.4, 0.5) is 0 Å². The summed E-state index contributed by atoms with van der Waals surface area (Å²) in [5, 5.41) is 17.6. The number of carboxylic acids is 2. The zero-order valence-corrected chi connectivity index (χ0v) is 8.57. The van der Waals surface area contributed by atoms with Gasteiger partial charge in [-0.25, -0.2) is 0 Å². The van der Waals surface area contributed by atoms with Crippen molar-refractivity contribution in [1.82, 2.24) is 4.98 Å². The van der Waals surface area contributed by atoms with E-state index in [-0.39, 0.29) is 0 Å². The molecule has 0 saturated carbocycles. The summed E-state index contributed by atoms with van der Waals surface area (Å²) >= 11 is 0. The monoisotopic (exact) mass is 211 g/mol. The number of aromatic nitrogens is 1. The van der Waals surface area contributed by atoms with E-state index in [9.17, 15) is 9.59 Å². The number of carboxylic acid groups (broad SMARTS) is 2. The third-order valence-electron chi connectivity index (χ3n) is 2.24. The maximum atomic E-state index is 10.9. The second kappa shape index (κ2) is 4.16. The quantitative estimate of drug-likeness (QED) is 0.699. The summed E-state index contributed by atoms with van der Waals surface area (Å²) in [5.74, 6) is -3.20. The Hall–Kier alpha value is -1.78. The van der Waals surface area contributed by atoms with Crippen LogP contribution < -0.4 is 0 Å². The normalized spacial score (nSPS) is 12.4. The Labute approximate surface area is 86.7 Å². The van der Waals surface area contributed by atoms with Crippen LogP contribution in [0.15, 0.2) is 6.07 Å². The van der Waals surface area contributed by atoms with Crippen LogP contribution in [0, 0.1) is 13.8 Å². The Morgan fingerprint density at radius 1 is 1.40 bits per heavy atom. The van der Waals surface area contributed by atoms with Crippen LogP contribution in [0.2, 0.25) is 0 Å². The average Bonchev–Trinajstić information content (AvgIpc) is 2.40. The summed E-state index contributed by atoms with van der Waals surface area (Å²) in [6.45, 7) is 3.54. The molecule has 0 aliphatic carbocycles. The number of H-pyrrole nitrogens is 1. The third-order valence-corrected chi connectivity index (χ3v) is 2.24. The second-order valence-corrected chi connectivity index (χ2v) is 3.52. The molecule has 5 heteroatoms. The molecular formula is C10H13NO4. The topological polar surface area (TPSA) is 90.4 Å². The first-order valence-electron chi connectivity index (χ1n) is 4.52. The molecular weight excluding hydrogens is 198 g/mol. The number of rotatable bonds is 4. The summed E-state index contributed by atoms with van der Waals surface area (Å²) in [6, 6.07) is 1.68. The minimum Gasteiger partial charge on any atom is -0.481 e. The van der Waals surface area contributed by atoms with Crippen molar-refractivity contribution in [3.05, 3.63) is 23.0 Å². The second-order valence-electron chi connectivity index (χ2n) is 3.52. The molecule has 1 aromatic heterocycles. The predicted molar refractivity (Wildman–Crippen MR) is 52.9 cm³/mol. The van der Waals surface area contributed by atoms with Gasteiger partial charge in [0.2, 0.25) is 0 Å². The van der Waals surface area contributed by atoms with Crippen molar-refractivity contribution in [2.75, 3.05) is 0 Å². The molecule has 0 fully saturated rings. The van der Waals surface area contributed by atoms with Crippen molar-refractivity contribution in [3.63, 3.8) is 0 Å². The summed E-state index contributed by atoms with van der Waals surface area (Å²) in [7, 11) is 0. The van der Waals surface area contributed by atoms with E-state index < -0.39 is 24.3 Å². The van der Waals surface area contributed by atoms with Gasteiger partial charge in [0.25, 0.3) is 0 Å². The molecule has 5 nitrogen and oxygen atoms in total. The van der Waals surface area contributed by atoms with Gasteiger partial charge in [0.05, 0.1) is 12.3 Å². The number of hydrogen-bond acceptors (Lipinski definition) is 2. The van der Waals surface area contributed by atoms with Gasteiger partial charge in [-0.3, -0.25) is 9.59 Å². The highest BCUT2D eigenvalue weighted by atomic mass is 16.4. The van der Waals surface area contributed by atoms with E-state index in [0.717, 1.165) is 5.69 Å². The third kappa shape index (κ3) is 2.59. The molecule has 0 radical (unpaired) electrons. The first-order chi connectivity index (χ1) is 6.91. The molecule has 0 bridgehead atoms. The lowest BCUT2D eigenvalue weighted by Gasteiger charge is -2.08. The Morgan fingerprint density at radius 2 is 2.00 bits per heavy atom. The number of nitrogens with one attached hydrogen (secondary N) is 1. The first-order valence-corrected chi connectivity index (χ1v) is 4.52. The highest BCUT2D eigenvalue weighted by molar-refractivity contribution is 5.82. The molecule has 0 saturated heterocycles. The molecule has 3 N–H and O–H groups in total. The summed E-state index contributed by atoms with van der Waals surface area (Å²) in [4.78, 5) is 24.4. The predicted octanol–water partition coefficient (Wildman–Crippen LogP) is 1.27. The highest BCUT2D eigenvalue weighted by Crippen LogP contribution is 2.24. The average molecular weight is 211 g/mol. The Morgan fingerprint density at radius 3 is 2.33 bits per heavy atom. The largest absolute Gasteiger partial charge is 0.481 e. The van der Waals surface area contributed by atoms with E-state index in [0.29, 0.717) is 11.3 Å². The Balaban J connectivity index is 3.03. The minimum atomic E-state index is -1.11. The van der Waals surface area contributed by atoms with Gasteiger partial charge in [-0.15, -0.1) is 0 Å². The number of carbonyl (C=O) groups is 2. The number of aryl methyl sites for hydroxylation is 2. The van der Waals surface area contributed by atoms with Gasteiger partial charge in [-0.1, -0.05) is 0 Å². The lowest BCUT2D eigenvalue weighted by Crippen LogP contribution is -2.16. The summed E-state index contributed by atoms with van der Waals surface area (Å²) in [5.41, 5.74) is 2.09. The molecule has 1 unspecified atom stereocenters. The van der Waals surface area contributed by atoms with Gasteiger partial charge in [0, 0.05) is 11.4 Å². The molecule has 82 valence electrons. The Kier molecular flexibility index (Phi) is 3.14. The highest BCUT2D eigenvalue weighted by Gasteiger charge is 2.25. The van der Waals surface area contributed by atoms with Crippen LogP contribution in [0.5, 0.6) is 0 Å². The van der Waals surface area contributed by atoms with Gasteiger partial charge >= 0.3 is 11.9 Å². The van der Waals surface area contributed by atoms with Crippen LogP contribution in [-0.2, 0) is 9.59 Å². The molecule has 15 heavy (non-hydrogen) atoms. The van der Waals surface area contributed by atoms with Crippen molar-refractivity contribution in [2.45, 2.75) is 26.2 Å². The molecule has 0 aliphatic heterocycles. The molecule has 1 atom stereocenters. The minimum absolute atomic E-state index is 0.395. The number of aromatic amines is 1. The molecule has 1 rings (SSSR count). The van der Waals surface area contributed by atoms with Gasteiger partial charge in [0.15, 0.2) is 0 Å². The van der Waals surface area contributed by atoms with Crippen molar-refractivity contribution in [2.24, 2.45) is 0 Å². The fourth-order valence-electron chi connectivity index (χ4n) is 1.61. The zero-order valence-electron chi connectivity index (χ0n) is 8.57. The number of aliphatic carboxylic acids is 2. The lowest BCUT2D eigenvalue weighted by molar-refractivity contribution is -0.145. The van der Waals surface area contributed by atoms with Gasteiger partial charge in [0.1, 0.15) is 0 Å². The van der Waals surface area contributed by atoms with Gasteiger partial charge in [-0.2, -0.15) is 0 Å². The maximum absolute atomic E-state index is 10.9. The van der Waals surface area contributed by atoms with E-state index in [1.54, 1.807) is 19.9 Å². The Bertz CT molecular complexity index is 394. The molecule has 0 aromatic carbocycles. The van der Waals surface area contributed by atoms with Crippen molar-refractivity contribution < 1.29 is 19.8 Å². The van der Waals surface area contributed by atoms with E-state index in [1.807, 2.05) is 0 Å². The summed E-state index contributed by atoms with van der Waals surface area (Å²) < 4.78 is 0. The van der Waals surface area contributed by atoms with Gasteiger partial charge in [-0.05, 0) is 25.5 Å². The van der Waals surface area contributed by atoms with Crippen molar-refractivity contribution in [3.8, 4) is 0 Å². The van der Waals surface area contributed by atoms with E-state index in [2.05, 4.69) is 4.98 Å². The SMILES string of the molecule is Cc1cc(C(CC(=O)O)C(=O)O)c(C)[nH]1. The molecule has 1 aromatic rings. The fourth-order valence-corrected chi connectivity index (χ4v) is 1.61. The lowest BCUT2D eigenvalue weighted by atomic mass is 9.96. The van der Waals surface area contributed by atoms with E-state index >= 15 is 0 Å².